The minimum absolute atomic E-state index is 0.00783. The Morgan fingerprint density at radius 2 is 2.03 bits per heavy atom. The molecule has 0 unspecified atom stereocenters. The van der Waals surface area contributed by atoms with Crippen molar-refractivity contribution in [3.8, 4) is 0 Å². The first-order chi connectivity index (χ1) is 14.3. The Balaban J connectivity index is 2.04. The van der Waals surface area contributed by atoms with Gasteiger partial charge in [0, 0.05) is 44.0 Å². The molecule has 1 N–H and O–H groups in total. The van der Waals surface area contributed by atoms with E-state index in [0.717, 1.165) is 25.9 Å². The molecule has 2 aliphatic rings. The number of carbonyl (C=O) groups excluding carboxylic acids is 1. The third-order valence-electron chi connectivity index (χ3n) is 5.07. The molecular formula is C20H25ClN4O5. The topological polar surface area (TPSA) is 109 Å². The molecule has 0 atom stereocenters. The molecule has 1 aliphatic carbocycles. The third kappa shape index (κ3) is 5.09. The van der Waals surface area contributed by atoms with Gasteiger partial charge < -0.3 is 19.6 Å². The number of aliphatic hydroxyl groups excluding tert-OH is 1. The van der Waals surface area contributed by atoms with Crippen LogP contribution in [0.4, 0.5) is 11.4 Å². The lowest BCUT2D eigenvalue weighted by Gasteiger charge is -2.33. The molecule has 0 aromatic heterocycles. The van der Waals surface area contributed by atoms with E-state index >= 15 is 0 Å². The molecule has 1 aromatic rings. The minimum Gasteiger partial charge on any atom is -0.506 e. The van der Waals surface area contributed by atoms with Crippen LogP contribution < -0.4 is 4.90 Å². The molecule has 1 aliphatic heterocycles. The first-order valence-electron chi connectivity index (χ1n) is 9.87. The SMILES string of the molecule is CCOC(=O)/C(C=NC1CC1)=C(/O)c1cc([N+](=O)[O-])c(N2CCN(C)CC2)cc1Cl. The van der Waals surface area contributed by atoms with Crippen molar-refractivity contribution < 1.29 is 19.6 Å². The third-order valence-corrected chi connectivity index (χ3v) is 5.38. The number of nitrogens with zero attached hydrogens (tertiary/aromatic N) is 4. The van der Waals surface area contributed by atoms with Gasteiger partial charge in [-0.2, -0.15) is 0 Å². The molecule has 1 heterocycles. The zero-order chi connectivity index (χ0) is 21.8. The van der Waals surface area contributed by atoms with E-state index in [2.05, 4.69) is 9.89 Å². The number of ether oxygens (including phenoxy) is 1. The number of carbonyl (C=O) groups is 1. The van der Waals surface area contributed by atoms with Crippen molar-refractivity contribution in [1.29, 1.82) is 0 Å². The number of likely N-dealkylation sites (N-methyl/N-ethyl adjacent to an activating group) is 1. The van der Waals surface area contributed by atoms with Crippen LogP contribution in [0.15, 0.2) is 22.7 Å². The second kappa shape index (κ2) is 9.44. The van der Waals surface area contributed by atoms with Gasteiger partial charge in [-0.3, -0.25) is 15.1 Å². The van der Waals surface area contributed by atoms with Crippen LogP contribution in [0.2, 0.25) is 5.02 Å². The van der Waals surface area contributed by atoms with Gasteiger partial charge in [0.05, 0.1) is 22.6 Å². The van der Waals surface area contributed by atoms with Crippen molar-refractivity contribution in [3.05, 3.63) is 38.4 Å². The van der Waals surface area contributed by atoms with Crippen LogP contribution in [-0.4, -0.2) is 73.0 Å². The molecule has 0 bridgehead atoms. The van der Waals surface area contributed by atoms with Gasteiger partial charge in [0.2, 0.25) is 0 Å². The van der Waals surface area contributed by atoms with Gasteiger partial charge >= 0.3 is 5.97 Å². The molecule has 3 rings (SSSR count). The molecule has 0 spiro atoms. The summed E-state index contributed by atoms with van der Waals surface area (Å²) in [6, 6.07) is 2.79. The maximum absolute atomic E-state index is 12.3. The number of rotatable bonds is 7. The largest absolute Gasteiger partial charge is 0.506 e. The molecule has 9 nitrogen and oxygen atoms in total. The van der Waals surface area contributed by atoms with E-state index in [9.17, 15) is 20.0 Å². The van der Waals surface area contributed by atoms with Gasteiger partial charge in [0.25, 0.3) is 5.69 Å². The summed E-state index contributed by atoms with van der Waals surface area (Å²) in [6.07, 6.45) is 3.10. The van der Waals surface area contributed by atoms with E-state index < -0.39 is 16.7 Å². The van der Waals surface area contributed by atoms with Gasteiger partial charge in [0.15, 0.2) is 0 Å². The summed E-state index contributed by atoms with van der Waals surface area (Å²) in [4.78, 5) is 31.9. The number of nitro benzene ring substituents is 1. The fourth-order valence-corrected chi connectivity index (χ4v) is 3.40. The van der Waals surface area contributed by atoms with Gasteiger partial charge in [-0.1, -0.05) is 11.6 Å². The van der Waals surface area contributed by atoms with E-state index in [1.165, 1.54) is 18.3 Å². The lowest BCUT2D eigenvalue weighted by molar-refractivity contribution is -0.384. The Hall–Kier alpha value is -2.65. The summed E-state index contributed by atoms with van der Waals surface area (Å²) >= 11 is 6.40. The number of aliphatic imine (C=N–C) groups is 1. The molecule has 0 radical (unpaired) electrons. The summed E-state index contributed by atoms with van der Waals surface area (Å²) in [5.74, 6) is -1.25. The monoisotopic (exact) mass is 436 g/mol. The summed E-state index contributed by atoms with van der Waals surface area (Å²) in [6.45, 7) is 4.54. The molecule has 1 aromatic carbocycles. The summed E-state index contributed by atoms with van der Waals surface area (Å²) < 4.78 is 5.01. The molecule has 162 valence electrons. The first-order valence-corrected chi connectivity index (χ1v) is 10.2. The maximum atomic E-state index is 12.3. The van der Waals surface area contributed by atoms with Crippen molar-refractivity contribution in [2.24, 2.45) is 4.99 Å². The predicted molar refractivity (Wildman–Crippen MR) is 116 cm³/mol. The average Bonchev–Trinajstić information content (AvgIpc) is 3.53. The normalized spacial score (nSPS) is 18.4. The van der Waals surface area contributed by atoms with Crippen LogP contribution in [0.3, 0.4) is 0 Å². The van der Waals surface area contributed by atoms with Gasteiger partial charge in [-0.15, -0.1) is 0 Å². The minimum atomic E-state index is -0.763. The molecule has 10 heteroatoms. The zero-order valence-corrected chi connectivity index (χ0v) is 17.8. The highest BCUT2D eigenvalue weighted by atomic mass is 35.5. The Kier molecular flexibility index (Phi) is 6.94. The summed E-state index contributed by atoms with van der Waals surface area (Å²) in [5, 5.41) is 22.7. The number of piperazine rings is 1. The van der Waals surface area contributed by atoms with Crippen molar-refractivity contribution in [1.82, 2.24) is 4.90 Å². The van der Waals surface area contributed by atoms with Crippen LogP contribution in [-0.2, 0) is 9.53 Å². The van der Waals surface area contributed by atoms with Crippen molar-refractivity contribution >= 4 is 40.9 Å². The highest BCUT2D eigenvalue weighted by molar-refractivity contribution is 6.33. The standard InChI is InChI=1S/C20H25ClN4O5/c1-3-30-20(27)15(12-22-13-4-5-13)19(26)14-10-18(25(28)29)17(11-16(14)21)24-8-6-23(2)7-9-24/h10-13,26H,3-9H2,1-2H3/b19-15+,22-12?. The molecular weight excluding hydrogens is 412 g/mol. The molecule has 1 saturated heterocycles. The van der Waals surface area contributed by atoms with Crippen LogP contribution in [0.5, 0.6) is 0 Å². The fourth-order valence-electron chi connectivity index (χ4n) is 3.15. The Bertz CT molecular complexity index is 889. The van der Waals surface area contributed by atoms with Gasteiger partial charge in [0.1, 0.15) is 17.0 Å². The number of anilines is 1. The number of aliphatic hydroxyl groups is 1. The van der Waals surface area contributed by atoms with Crippen molar-refractivity contribution in [3.63, 3.8) is 0 Å². The number of hydrogen-bond donors (Lipinski definition) is 1. The summed E-state index contributed by atoms with van der Waals surface area (Å²) in [7, 11) is 1.99. The second-order valence-corrected chi connectivity index (χ2v) is 7.77. The molecule has 2 fully saturated rings. The lowest BCUT2D eigenvalue weighted by atomic mass is 10.1. The average molecular weight is 437 g/mol. The van der Waals surface area contributed by atoms with Crippen molar-refractivity contribution in [2.45, 2.75) is 25.8 Å². The number of esters is 1. The van der Waals surface area contributed by atoms with Crippen molar-refractivity contribution in [2.75, 3.05) is 44.7 Å². The van der Waals surface area contributed by atoms with E-state index in [-0.39, 0.29) is 34.5 Å². The maximum Gasteiger partial charge on any atom is 0.343 e. The number of hydrogen-bond acceptors (Lipinski definition) is 8. The Morgan fingerprint density at radius 1 is 1.37 bits per heavy atom. The fraction of sp³-hybridized carbons (Fsp3) is 0.500. The van der Waals surface area contributed by atoms with E-state index in [1.54, 1.807) is 6.92 Å². The number of nitro groups is 1. The second-order valence-electron chi connectivity index (χ2n) is 7.36. The zero-order valence-electron chi connectivity index (χ0n) is 17.0. The quantitative estimate of drug-likeness (QED) is 0.175. The molecule has 30 heavy (non-hydrogen) atoms. The summed E-state index contributed by atoms with van der Waals surface area (Å²) in [5.41, 5.74) is 0.0191. The highest BCUT2D eigenvalue weighted by Crippen LogP contribution is 2.37. The smallest absolute Gasteiger partial charge is 0.343 e. The van der Waals surface area contributed by atoms with Crippen LogP contribution >= 0.6 is 11.6 Å². The number of halogens is 1. The van der Waals surface area contributed by atoms with E-state index in [0.29, 0.717) is 18.8 Å². The van der Waals surface area contributed by atoms with Crippen LogP contribution in [0.25, 0.3) is 5.76 Å². The van der Waals surface area contributed by atoms with Gasteiger partial charge in [-0.25, -0.2) is 4.79 Å². The molecule has 0 amide bonds. The predicted octanol–water partition coefficient (Wildman–Crippen LogP) is 3.07. The number of benzene rings is 1. The molecule has 1 saturated carbocycles. The Morgan fingerprint density at radius 3 is 2.60 bits per heavy atom. The van der Waals surface area contributed by atoms with Crippen LogP contribution in [0, 0.1) is 10.1 Å². The Labute approximate surface area is 179 Å². The highest BCUT2D eigenvalue weighted by Gasteiger charge is 2.28. The van der Waals surface area contributed by atoms with E-state index in [4.69, 9.17) is 16.3 Å². The first kappa shape index (κ1) is 22.0. The van der Waals surface area contributed by atoms with Gasteiger partial charge in [-0.05, 0) is 32.9 Å². The lowest BCUT2D eigenvalue weighted by Crippen LogP contribution is -2.44. The van der Waals surface area contributed by atoms with Crippen LogP contribution in [0.1, 0.15) is 25.3 Å². The van der Waals surface area contributed by atoms with E-state index in [1.807, 2.05) is 11.9 Å².